The average Bonchev–Trinajstić information content (AvgIpc) is 2.77. The van der Waals surface area contributed by atoms with Gasteiger partial charge in [0.1, 0.15) is 6.04 Å². The van der Waals surface area contributed by atoms with E-state index in [-0.39, 0.29) is 13.0 Å². The van der Waals surface area contributed by atoms with E-state index in [1.165, 1.54) is 0 Å². The molecule has 1 fully saturated rings. The lowest BCUT2D eigenvalue weighted by Gasteiger charge is -2.30. The fourth-order valence-electron chi connectivity index (χ4n) is 1.94. The predicted molar refractivity (Wildman–Crippen MR) is 57.2 cm³/mol. The van der Waals surface area contributed by atoms with Gasteiger partial charge in [-0.05, 0) is 13.0 Å². The van der Waals surface area contributed by atoms with Crippen LogP contribution in [0.5, 0.6) is 0 Å². The molecule has 1 heterocycles. The highest BCUT2D eigenvalue weighted by Crippen LogP contribution is 2.43. The molecule has 0 aromatic rings. The van der Waals surface area contributed by atoms with Gasteiger partial charge in [-0.3, -0.25) is 4.79 Å². The second-order valence-electron chi connectivity index (χ2n) is 4.38. The van der Waals surface area contributed by atoms with E-state index in [4.69, 9.17) is 10.2 Å². The van der Waals surface area contributed by atoms with Crippen LogP contribution in [0.1, 0.15) is 12.8 Å². The Hall–Kier alpha value is -1.35. The summed E-state index contributed by atoms with van der Waals surface area (Å²) in [5, 5.41) is 21.7. The first kappa shape index (κ1) is 15.7. The Bertz CT molecular complexity index is 353. The number of carboxylic acid groups (broad SMARTS) is 1. The van der Waals surface area contributed by atoms with Crippen molar-refractivity contribution >= 4 is 11.9 Å². The fraction of sp³-hybridized carbons (Fsp3) is 0.800. The van der Waals surface area contributed by atoms with Gasteiger partial charge in [0.2, 0.25) is 5.91 Å². The molecule has 0 aliphatic carbocycles. The first-order chi connectivity index (χ1) is 8.74. The molecule has 0 spiro atoms. The molecule has 4 N–H and O–H groups in total. The van der Waals surface area contributed by atoms with Crippen LogP contribution >= 0.6 is 0 Å². The van der Waals surface area contributed by atoms with Crippen molar-refractivity contribution < 1.29 is 33.0 Å². The lowest BCUT2D eigenvalue weighted by atomic mass is 9.85. The molecule has 2 unspecified atom stereocenters. The number of alkyl halides is 3. The molecule has 6 nitrogen and oxygen atoms in total. The van der Waals surface area contributed by atoms with Crippen molar-refractivity contribution in [2.24, 2.45) is 5.41 Å². The molecule has 1 aliphatic rings. The van der Waals surface area contributed by atoms with E-state index in [0.717, 1.165) is 0 Å². The van der Waals surface area contributed by atoms with Crippen LogP contribution < -0.4 is 10.6 Å². The molecule has 1 amide bonds. The third-order valence-electron chi connectivity index (χ3n) is 3.15. The van der Waals surface area contributed by atoms with Gasteiger partial charge >= 0.3 is 12.1 Å². The fourth-order valence-corrected chi connectivity index (χ4v) is 1.94. The van der Waals surface area contributed by atoms with Gasteiger partial charge in [0, 0.05) is 19.6 Å². The zero-order valence-corrected chi connectivity index (χ0v) is 9.96. The number of carbonyl (C=O) groups excluding carboxylic acids is 1. The SMILES string of the molecule is O=C(O)C(CCO)NC(=O)C1(C(F)(F)F)CCNC1. The van der Waals surface area contributed by atoms with Crippen LogP contribution in [-0.4, -0.2) is 54.0 Å². The Labute approximate surface area is 107 Å². The smallest absolute Gasteiger partial charge is 0.404 e. The molecule has 0 aromatic heterocycles. The second-order valence-corrected chi connectivity index (χ2v) is 4.38. The highest BCUT2D eigenvalue weighted by atomic mass is 19.4. The Balaban J connectivity index is 2.87. The summed E-state index contributed by atoms with van der Waals surface area (Å²) in [6.45, 7) is -1.09. The molecule has 0 saturated carbocycles. The maximum absolute atomic E-state index is 13.0. The van der Waals surface area contributed by atoms with Crippen molar-refractivity contribution in [1.29, 1.82) is 0 Å². The van der Waals surface area contributed by atoms with Crippen molar-refractivity contribution in [3.05, 3.63) is 0 Å². The highest BCUT2D eigenvalue weighted by molar-refractivity contribution is 5.88. The minimum absolute atomic E-state index is 0.0324. The lowest BCUT2D eigenvalue weighted by Crippen LogP contribution is -2.55. The zero-order valence-electron chi connectivity index (χ0n) is 9.96. The summed E-state index contributed by atoms with van der Waals surface area (Å²) < 4.78 is 39.0. The molecule has 0 radical (unpaired) electrons. The van der Waals surface area contributed by atoms with Gasteiger partial charge in [-0.1, -0.05) is 0 Å². The number of aliphatic hydroxyl groups is 1. The minimum Gasteiger partial charge on any atom is -0.480 e. The number of nitrogens with one attached hydrogen (secondary N) is 2. The van der Waals surface area contributed by atoms with Crippen LogP contribution in [0.25, 0.3) is 0 Å². The monoisotopic (exact) mass is 284 g/mol. The number of carbonyl (C=O) groups is 2. The number of amides is 1. The van der Waals surface area contributed by atoms with Crippen LogP contribution in [0.15, 0.2) is 0 Å². The second kappa shape index (κ2) is 5.74. The number of aliphatic hydroxyl groups excluding tert-OH is 1. The third-order valence-corrected chi connectivity index (χ3v) is 3.15. The molecule has 0 aromatic carbocycles. The Morgan fingerprint density at radius 1 is 1.42 bits per heavy atom. The quantitative estimate of drug-likeness (QED) is 0.544. The van der Waals surface area contributed by atoms with Crippen molar-refractivity contribution in [3.8, 4) is 0 Å². The molecule has 1 aliphatic heterocycles. The molecule has 2 atom stereocenters. The van der Waals surface area contributed by atoms with Gasteiger partial charge in [0.15, 0.2) is 5.41 Å². The van der Waals surface area contributed by atoms with E-state index in [1.54, 1.807) is 0 Å². The standard InChI is InChI=1S/C10H15F3N2O4/c11-10(12,13)9(2-3-14-5-9)8(19)15-6(1-4-16)7(17)18/h6,14,16H,1-5H2,(H,15,19)(H,17,18). The van der Waals surface area contributed by atoms with E-state index in [1.807, 2.05) is 5.32 Å². The topological polar surface area (TPSA) is 98.7 Å². The maximum Gasteiger partial charge on any atom is 0.404 e. The van der Waals surface area contributed by atoms with Crippen LogP contribution in [0.3, 0.4) is 0 Å². The van der Waals surface area contributed by atoms with Crippen molar-refractivity contribution in [3.63, 3.8) is 0 Å². The molecule has 19 heavy (non-hydrogen) atoms. The summed E-state index contributed by atoms with van der Waals surface area (Å²) in [7, 11) is 0. The van der Waals surface area contributed by atoms with E-state index < -0.39 is 49.1 Å². The summed E-state index contributed by atoms with van der Waals surface area (Å²) in [6, 6.07) is -1.53. The van der Waals surface area contributed by atoms with Crippen LogP contribution in [0, 0.1) is 5.41 Å². The number of carboxylic acids is 1. The van der Waals surface area contributed by atoms with Crippen molar-refractivity contribution in [2.45, 2.75) is 25.1 Å². The van der Waals surface area contributed by atoms with Crippen molar-refractivity contribution in [1.82, 2.24) is 10.6 Å². The van der Waals surface area contributed by atoms with Crippen LogP contribution in [0.2, 0.25) is 0 Å². The first-order valence-corrected chi connectivity index (χ1v) is 5.66. The van der Waals surface area contributed by atoms with Gasteiger partial charge in [-0.15, -0.1) is 0 Å². The van der Waals surface area contributed by atoms with E-state index in [0.29, 0.717) is 0 Å². The molecule has 1 saturated heterocycles. The van der Waals surface area contributed by atoms with Gasteiger partial charge < -0.3 is 20.8 Å². The zero-order chi connectivity index (χ0) is 14.7. The number of halogens is 3. The largest absolute Gasteiger partial charge is 0.480 e. The Morgan fingerprint density at radius 3 is 2.42 bits per heavy atom. The van der Waals surface area contributed by atoms with E-state index in [9.17, 15) is 22.8 Å². The van der Waals surface area contributed by atoms with Crippen LogP contribution in [-0.2, 0) is 9.59 Å². The summed E-state index contributed by atoms with van der Waals surface area (Å²) in [4.78, 5) is 22.6. The average molecular weight is 284 g/mol. The Morgan fingerprint density at radius 2 is 2.05 bits per heavy atom. The molecule has 9 heteroatoms. The molecular formula is C10H15F3N2O4. The maximum atomic E-state index is 13.0. The Kier molecular flexibility index (Phi) is 4.75. The number of aliphatic carboxylic acids is 1. The van der Waals surface area contributed by atoms with E-state index in [2.05, 4.69) is 5.32 Å². The number of rotatable bonds is 5. The summed E-state index contributed by atoms with van der Waals surface area (Å²) in [5.41, 5.74) is -2.60. The van der Waals surface area contributed by atoms with Gasteiger partial charge in [0.05, 0.1) is 0 Å². The van der Waals surface area contributed by atoms with Crippen molar-refractivity contribution in [2.75, 3.05) is 19.7 Å². The van der Waals surface area contributed by atoms with Gasteiger partial charge in [0.25, 0.3) is 0 Å². The molecular weight excluding hydrogens is 269 g/mol. The number of hydrogen-bond acceptors (Lipinski definition) is 4. The van der Waals surface area contributed by atoms with E-state index >= 15 is 0 Å². The minimum atomic E-state index is -4.76. The molecule has 110 valence electrons. The van der Waals surface area contributed by atoms with Gasteiger partial charge in [-0.25, -0.2) is 4.79 Å². The highest BCUT2D eigenvalue weighted by Gasteiger charge is 2.61. The normalized spacial score (nSPS) is 25.1. The van der Waals surface area contributed by atoms with Gasteiger partial charge in [-0.2, -0.15) is 13.2 Å². The number of hydrogen-bond donors (Lipinski definition) is 4. The first-order valence-electron chi connectivity index (χ1n) is 5.66. The summed E-state index contributed by atoms with van der Waals surface area (Å²) in [6.07, 6.45) is -5.54. The summed E-state index contributed by atoms with van der Waals surface area (Å²) >= 11 is 0. The van der Waals surface area contributed by atoms with Crippen LogP contribution in [0.4, 0.5) is 13.2 Å². The molecule has 1 rings (SSSR count). The molecule has 0 bridgehead atoms. The summed E-state index contributed by atoms with van der Waals surface area (Å²) in [5.74, 6) is -2.85. The lowest BCUT2D eigenvalue weighted by molar-refractivity contribution is -0.216. The third kappa shape index (κ3) is 3.16. The predicted octanol–water partition coefficient (Wildman–Crippen LogP) is -0.520.